The van der Waals surface area contributed by atoms with Crippen LogP contribution in [0.5, 0.6) is 0 Å². The molecule has 0 saturated carbocycles. The minimum absolute atomic E-state index is 0.0301. The van der Waals surface area contributed by atoms with Gasteiger partial charge in [0.25, 0.3) is 0 Å². The van der Waals surface area contributed by atoms with Gasteiger partial charge in [0, 0.05) is 12.7 Å². The zero-order valence-corrected chi connectivity index (χ0v) is 15.9. The highest BCUT2D eigenvalue weighted by molar-refractivity contribution is 5.83. The molecule has 1 amide bonds. The van der Waals surface area contributed by atoms with Crippen LogP contribution in [0.2, 0.25) is 0 Å². The van der Waals surface area contributed by atoms with Gasteiger partial charge in [-0.3, -0.25) is 14.8 Å². The number of nitrogens with one attached hydrogen (secondary N) is 2. The second-order valence-electron chi connectivity index (χ2n) is 6.42. The zero-order chi connectivity index (χ0) is 19.1. The molecule has 0 aliphatic carbocycles. The average Bonchev–Trinajstić information content (AvgIpc) is 3.26. The van der Waals surface area contributed by atoms with Gasteiger partial charge in [0.1, 0.15) is 6.04 Å². The zero-order valence-electron chi connectivity index (χ0n) is 15.9. The minimum atomic E-state index is -0.273. The fraction of sp³-hybridized carbons (Fsp3) is 0.273. The van der Waals surface area contributed by atoms with Gasteiger partial charge in [0.15, 0.2) is 0 Å². The molecule has 0 aliphatic rings. The topological polar surface area (TPSA) is 61.0 Å². The molecule has 1 unspecified atom stereocenters. The highest BCUT2D eigenvalue weighted by Gasteiger charge is 2.25. The minimum Gasteiger partial charge on any atom is -0.350 e. The molecule has 1 aromatic heterocycles. The quantitative estimate of drug-likeness (QED) is 0.641. The maximum Gasteiger partial charge on any atom is 0.242 e. The molecule has 0 aliphatic heterocycles. The maximum absolute atomic E-state index is 13.0. The lowest BCUT2D eigenvalue weighted by Crippen LogP contribution is -2.40. The number of aromatic amines is 1. The lowest BCUT2D eigenvalue weighted by molar-refractivity contribution is -0.126. The molecular weight excluding hydrogens is 336 g/mol. The summed E-state index contributed by atoms with van der Waals surface area (Å²) in [5.74, 6) is 0.0301. The van der Waals surface area contributed by atoms with Gasteiger partial charge >= 0.3 is 0 Å². The molecule has 0 saturated heterocycles. The number of amides is 1. The molecule has 3 rings (SSSR count). The largest absolute Gasteiger partial charge is 0.350 e. The van der Waals surface area contributed by atoms with Gasteiger partial charge in [-0.1, -0.05) is 68.4 Å². The van der Waals surface area contributed by atoms with Crippen LogP contribution in [0.3, 0.4) is 0 Å². The fourth-order valence-electron chi connectivity index (χ4n) is 3.26. The lowest BCUT2D eigenvalue weighted by atomic mass is 10.0. The molecule has 1 heterocycles. The molecule has 1 atom stereocenters. The van der Waals surface area contributed by atoms with Crippen molar-refractivity contribution in [1.82, 2.24) is 20.4 Å². The standard InChI is InChI=1S/C22H26N4O/c1-3-26(4-2)21(19-8-6-5-7-9-19)22(27)23-16-17-10-12-18(13-11-17)20-14-15-24-25-20/h5-15,21H,3-4,16H2,1-2H3,(H,23,27)(H,24,25). The Kier molecular flexibility index (Phi) is 6.39. The van der Waals surface area contributed by atoms with E-state index in [0.717, 1.165) is 35.5 Å². The van der Waals surface area contributed by atoms with E-state index in [1.165, 1.54) is 0 Å². The molecular formula is C22H26N4O. The van der Waals surface area contributed by atoms with Crippen LogP contribution in [0, 0.1) is 0 Å². The number of nitrogens with zero attached hydrogens (tertiary/aromatic N) is 2. The van der Waals surface area contributed by atoms with E-state index in [1.54, 1.807) is 6.20 Å². The summed E-state index contributed by atoms with van der Waals surface area (Å²) >= 11 is 0. The third-order valence-corrected chi connectivity index (χ3v) is 4.77. The molecule has 5 heteroatoms. The van der Waals surface area contributed by atoms with Crippen molar-refractivity contribution >= 4 is 5.91 Å². The third-order valence-electron chi connectivity index (χ3n) is 4.77. The normalized spacial score (nSPS) is 12.1. The van der Waals surface area contributed by atoms with Crippen LogP contribution in [-0.4, -0.2) is 34.1 Å². The van der Waals surface area contributed by atoms with Crippen molar-refractivity contribution in [2.24, 2.45) is 0 Å². The van der Waals surface area contributed by atoms with Crippen LogP contribution >= 0.6 is 0 Å². The van der Waals surface area contributed by atoms with E-state index in [0.29, 0.717) is 6.54 Å². The smallest absolute Gasteiger partial charge is 0.242 e. The lowest BCUT2D eigenvalue weighted by Gasteiger charge is -2.29. The van der Waals surface area contributed by atoms with E-state index < -0.39 is 0 Å². The molecule has 2 aromatic carbocycles. The number of hydrogen-bond donors (Lipinski definition) is 2. The molecule has 2 N–H and O–H groups in total. The Labute approximate surface area is 160 Å². The summed E-state index contributed by atoms with van der Waals surface area (Å²) in [6.45, 7) is 6.32. The Bertz CT molecular complexity index is 825. The van der Waals surface area contributed by atoms with Crippen LogP contribution in [0.25, 0.3) is 11.3 Å². The second-order valence-corrected chi connectivity index (χ2v) is 6.42. The fourth-order valence-corrected chi connectivity index (χ4v) is 3.26. The SMILES string of the molecule is CCN(CC)C(C(=O)NCc1ccc(-c2ccn[nH]2)cc1)c1ccccc1. The first-order valence-corrected chi connectivity index (χ1v) is 9.38. The number of hydrogen-bond acceptors (Lipinski definition) is 3. The molecule has 5 nitrogen and oxygen atoms in total. The van der Waals surface area contributed by atoms with Crippen molar-refractivity contribution in [2.45, 2.75) is 26.4 Å². The van der Waals surface area contributed by atoms with E-state index in [1.807, 2.05) is 60.7 Å². The highest BCUT2D eigenvalue weighted by Crippen LogP contribution is 2.21. The first kappa shape index (κ1) is 18.9. The predicted octanol–water partition coefficient (Wildman–Crippen LogP) is 3.78. The molecule has 0 bridgehead atoms. The maximum atomic E-state index is 13.0. The first-order valence-electron chi connectivity index (χ1n) is 9.38. The van der Waals surface area contributed by atoms with Crippen molar-refractivity contribution in [3.63, 3.8) is 0 Å². The van der Waals surface area contributed by atoms with E-state index in [-0.39, 0.29) is 11.9 Å². The van der Waals surface area contributed by atoms with Crippen molar-refractivity contribution < 1.29 is 4.79 Å². The van der Waals surface area contributed by atoms with Gasteiger partial charge in [-0.15, -0.1) is 0 Å². The summed E-state index contributed by atoms with van der Waals surface area (Å²) in [4.78, 5) is 15.1. The van der Waals surface area contributed by atoms with Gasteiger partial charge in [0.2, 0.25) is 5.91 Å². The molecule has 0 fully saturated rings. The molecule has 0 radical (unpaired) electrons. The molecule has 27 heavy (non-hydrogen) atoms. The highest BCUT2D eigenvalue weighted by atomic mass is 16.2. The molecule has 3 aromatic rings. The van der Waals surface area contributed by atoms with Gasteiger partial charge < -0.3 is 5.32 Å². The van der Waals surface area contributed by atoms with Crippen LogP contribution in [0.1, 0.15) is 31.0 Å². The summed E-state index contributed by atoms with van der Waals surface area (Å²) in [6.07, 6.45) is 1.74. The summed E-state index contributed by atoms with van der Waals surface area (Å²) in [7, 11) is 0. The van der Waals surface area contributed by atoms with Crippen LogP contribution in [-0.2, 0) is 11.3 Å². The van der Waals surface area contributed by atoms with Gasteiger partial charge in [-0.25, -0.2) is 0 Å². The average molecular weight is 362 g/mol. The molecule has 0 spiro atoms. The third kappa shape index (κ3) is 4.63. The number of carbonyl (C=O) groups excluding carboxylic acids is 1. The summed E-state index contributed by atoms with van der Waals surface area (Å²) in [6, 6.07) is 19.8. The van der Waals surface area contributed by atoms with Gasteiger partial charge in [-0.2, -0.15) is 5.10 Å². The second kappa shape index (κ2) is 9.14. The summed E-state index contributed by atoms with van der Waals surface area (Å²) < 4.78 is 0. The van der Waals surface area contributed by atoms with Crippen molar-refractivity contribution in [3.8, 4) is 11.3 Å². The van der Waals surface area contributed by atoms with Gasteiger partial charge in [0.05, 0.1) is 5.69 Å². The van der Waals surface area contributed by atoms with E-state index in [2.05, 4.69) is 34.3 Å². The monoisotopic (exact) mass is 362 g/mol. The number of carbonyl (C=O) groups is 1. The van der Waals surface area contributed by atoms with Crippen LogP contribution < -0.4 is 5.32 Å². The number of rotatable bonds is 8. The van der Waals surface area contributed by atoms with Gasteiger partial charge in [-0.05, 0) is 35.8 Å². The van der Waals surface area contributed by atoms with Crippen molar-refractivity contribution in [3.05, 3.63) is 78.0 Å². The predicted molar refractivity (Wildman–Crippen MR) is 108 cm³/mol. The Balaban J connectivity index is 1.68. The Hall–Kier alpha value is -2.92. The number of aromatic nitrogens is 2. The molecule has 140 valence electrons. The Morgan fingerprint density at radius 3 is 2.33 bits per heavy atom. The number of H-pyrrole nitrogens is 1. The van der Waals surface area contributed by atoms with Crippen LogP contribution in [0.15, 0.2) is 66.9 Å². The van der Waals surface area contributed by atoms with E-state index in [9.17, 15) is 4.79 Å². The van der Waals surface area contributed by atoms with Crippen LogP contribution in [0.4, 0.5) is 0 Å². The first-order chi connectivity index (χ1) is 13.2. The van der Waals surface area contributed by atoms with Crippen molar-refractivity contribution in [1.29, 1.82) is 0 Å². The van der Waals surface area contributed by atoms with E-state index in [4.69, 9.17) is 0 Å². The Morgan fingerprint density at radius 1 is 1.04 bits per heavy atom. The summed E-state index contributed by atoms with van der Waals surface area (Å²) in [5.41, 5.74) is 4.15. The summed E-state index contributed by atoms with van der Waals surface area (Å²) in [5, 5.41) is 10.0. The Morgan fingerprint density at radius 2 is 1.74 bits per heavy atom. The number of benzene rings is 2. The number of likely N-dealkylation sites (N-methyl/N-ethyl adjacent to an activating group) is 1. The van der Waals surface area contributed by atoms with Crippen molar-refractivity contribution in [2.75, 3.05) is 13.1 Å². The van der Waals surface area contributed by atoms with E-state index >= 15 is 0 Å².